The molecule has 2 aromatic carbocycles. The molecule has 3 rings (SSSR count). The van der Waals surface area contributed by atoms with E-state index in [0.29, 0.717) is 29.4 Å². The summed E-state index contributed by atoms with van der Waals surface area (Å²) in [5, 5.41) is 5.99. The number of halogens is 1. The molecular weight excluding hydrogens is 382 g/mol. The third kappa shape index (κ3) is 4.61. The number of carbonyl (C=O) groups is 3. The number of esters is 1. The molecule has 0 radical (unpaired) electrons. The minimum absolute atomic E-state index is 0.119. The highest BCUT2D eigenvalue weighted by atomic mass is 35.5. The van der Waals surface area contributed by atoms with E-state index in [1.54, 1.807) is 42.5 Å². The molecule has 0 saturated carbocycles. The fraction of sp³-hybridized carbons (Fsp3) is 0.250. The smallest absolute Gasteiger partial charge is 0.338 e. The van der Waals surface area contributed by atoms with Gasteiger partial charge in [-0.1, -0.05) is 11.6 Å². The fourth-order valence-corrected chi connectivity index (χ4v) is 2.88. The van der Waals surface area contributed by atoms with Crippen LogP contribution in [0, 0.1) is 0 Å². The Kier molecular flexibility index (Phi) is 5.84. The first kappa shape index (κ1) is 19.7. The molecule has 0 saturated heterocycles. The highest BCUT2D eigenvalue weighted by Crippen LogP contribution is 2.29. The SMILES string of the molecule is C[C@H](OC(=O)c1ccc2c(c1)NC(=O)CCN2C)C(=O)Nc1ccc(Cl)cc1. The summed E-state index contributed by atoms with van der Waals surface area (Å²) >= 11 is 5.81. The van der Waals surface area contributed by atoms with Crippen LogP contribution >= 0.6 is 11.6 Å². The third-order valence-electron chi connectivity index (χ3n) is 4.36. The molecule has 8 heteroatoms. The van der Waals surface area contributed by atoms with Crippen molar-refractivity contribution < 1.29 is 19.1 Å². The van der Waals surface area contributed by atoms with E-state index in [2.05, 4.69) is 10.6 Å². The topological polar surface area (TPSA) is 87.7 Å². The van der Waals surface area contributed by atoms with Crippen molar-refractivity contribution in [3.05, 3.63) is 53.1 Å². The van der Waals surface area contributed by atoms with Gasteiger partial charge in [-0.3, -0.25) is 9.59 Å². The van der Waals surface area contributed by atoms with Crippen molar-refractivity contribution in [1.29, 1.82) is 0 Å². The molecule has 1 atom stereocenters. The third-order valence-corrected chi connectivity index (χ3v) is 4.61. The van der Waals surface area contributed by atoms with Crippen LogP contribution in [0.25, 0.3) is 0 Å². The Morgan fingerprint density at radius 3 is 2.64 bits per heavy atom. The van der Waals surface area contributed by atoms with Gasteiger partial charge in [0.15, 0.2) is 6.10 Å². The molecule has 1 aliphatic heterocycles. The fourth-order valence-electron chi connectivity index (χ4n) is 2.76. The zero-order valence-electron chi connectivity index (χ0n) is 15.5. The predicted octanol–water partition coefficient (Wildman–Crippen LogP) is 3.30. The van der Waals surface area contributed by atoms with Crippen molar-refractivity contribution in [1.82, 2.24) is 0 Å². The lowest BCUT2D eigenvalue weighted by Gasteiger charge is -2.19. The van der Waals surface area contributed by atoms with Gasteiger partial charge in [-0.05, 0) is 49.4 Å². The van der Waals surface area contributed by atoms with E-state index in [-0.39, 0.29) is 11.5 Å². The van der Waals surface area contributed by atoms with Crippen LogP contribution in [0.1, 0.15) is 23.7 Å². The molecule has 1 heterocycles. The van der Waals surface area contributed by atoms with Gasteiger partial charge in [0.25, 0.3) is 5.91 Å². The lowest BCUT2D eigenvalue weighted by molar-refractivity contribution is -0.123. The number of carbonyl (C=O) groups excluding carboxylic acids is 3. The van der Waals surface area contributed by atoms with Crippen molar-refractivity contribution in [3.63, 3.8) is 0 Å². The van der Waals surface area contributed by atoms with E-state index in [1.807, 2.05) is 11.9 Å². The molecule has 0 aliphatic carbocycles. The Morgan fingerprint density at radius 1 is 1.21 bits per heavy atom. The summed E-state index contributed by atoms with van der Waals surface area (Å²) in [5.74, 6) is -1.23. The van der Waals surface area contributed by atoms with E-state index in [9.17, 15) is 14.4 Å². The summed E-state index contributed by atoms with van der Waals surface area (Å²) < 4.78 is 5.27. The summed E-state index contributed by atoms with van der Waals surface area (Å²) in [6.07, 6.45) is -0.633. The second-order valence-electron chi connectivity index (χ2n) is 6.50. The number of rotatable bonds is 4. The maximum absolute atomic E-state index is 12.4. The van der Waals surface area contributed by atoms with Crippen LogP contribution in [0.3, 0.4) is 0 Å². The van der Waals surface area contributed by atoms with E-state index in [0.717, 1.165) is 5.69 Å². The van der Waals surface area contributed by atoms with Crippen molar-refractivity contribution in [2.24, 2.45) is 0 Å². The van der Waals surface area contributed by atoms with Gasteiger partial charge in [0.2, 0.25) is 5.91 Å². The second-order valence-corrected chi connectivity index (χ2v) is 6.93. The summed E-state index contributed by atoms with van der Waals surface area (Å²) in [6, 6.07) is 11.5. The molecule has 0 unspecified atom stereocenters. The summed E-state index contributed by atoms with van der Waals surface area (Å²) in [6.45, 7) is 2.08. The minimum atomic E-state index is -1.00. The number of hydrogen-bond acceptors (Lipinski definition) is 5. The number of hydrogen-bond donors (Lipinski definition) is 2. The Labute approximate surface area is 167 Å². The highest BCUT2D eigenvalue weighted by molar-refractivity contribution is 6.30. The Balaban J connectivity index is 1.67. The quantitative estimate of drug-likeness (QED) is 0.767. The van der Waals surface area contributed by atoms with Gasteiger partial charge in [0, 0.05) is 30.7 Å². The number of benzene rings is 2. The van der Waals surface area contributed by atoms with E-state index >= 15 is 0 Å². The zero-order valence-corrected chi connectivity index (χ0v) is 16.2. The molecule has 7 nitrogen and oxygen atoms in total. The van der Waals surface area contributed by atoms with Gasteiger partial charge in [0.1, 0.15) is 0 Å². The number of nitrogens with one attached hydrogen (secondary N) is 2. The molecule has 1 aliphatic rings. The Morgan fingerprint density at radius 2 is 1.93 bits per heavy atom. The molecule has 0 spiro atoms. The molecule has 2 aromatic rings. The first-order valence-corrected chi connectivity index (χ1v) is 9.14. The number of ether oxygens (including phenoxy) is 1. The number of fused-ring (bicyclic) bond motifs is 1. The van der Waals surface area contributed by atoms with Crippen molar-refractivity contribution in [2.75, 3.05) is 29.1 Å². The largest absolute Gasteiger partial charge is 0.449 e. The average molecular weight is 402 g/mol. The lowest BCUT2D eigenvalue weighted by Crippen LogP contribution is -2.30. The highest BCUT2D eigenvalue weighted by Gasteiger charge is 2.22. The Hall–Kier alpha value is -3.06. The molecule has 28 heavy (non-hydrogen) atoms. The maximum Gasteiger partial charge on any atom is 0.338 e. The number of anilines is 3. The zero-order chi connectivity index (χ0) is 20.3. The van der Waals surface area contributed by atoms with Crippen LogP contribution in [0.2, 0.25) is 5.02 Å². The van der Waals surface area contributed by atoms with Crippen LogP contribution < -0.4 is 15.5 Å². The molecule has 2 amide bonds. The van der Waals surface area contributed by atoms with Gasteiger partial charge in [0.05, 0.1) is 16.9 Å². The molecular formula is C20H20ClN3O4. The van der Waals surface area contributed by atoms with E-state index < -0.39 is 18.0 Å². The van der Waals surface area contributed by atoms with Gasteiger partial charge < -0.3 is 20.3 Å². The average Bonchev–Trinajstić information content (AvgIpc) is 2.81. The lowest BCUT2D eigenvalue weighted by atomic mass is 10.1. The van der Waals surface area contributed by atoms with Crippen molar-refractivity contribution >= 4 is 46.4 Å². The standard InChI is InChI=1S/C20H20ClN3O4/c1-12(19(26)22-15-6-4-14(21)5-7-15)28-20(27)13-3-8-17-16(11-13)23-18(25)9-10-24(17)2/h3-8,11-12H,9-10H2,1-2H3,(H,22,26)(H,23,25)/t12-/m0/s1. The molecule has 2 N–H and O–H groups in total. The van der Waals surface area contributed by atoms with Crippen LogP contribution in [-0.2, 0) is 14.3 Å². The van der Waals surface area contributed by atoms with Crippen LogP contribution in [-0.4, -0.2) is 37.5 Å². The van der Waals surface area contributed by atoms with Gasteiger partial charge in [-0.2, -0.15) is 0 Å². The predicted molar refractivity (Wildman–Crippen MR) is 108 cm³/mol. The van der Waals surface area contributed by atoms with Gasteiger partial charge in [-0.25, -0.2) is 4.79 Å². The first-order chi connectivity index (χ1) is 13.3. The monoisotopic (exact) mass is 401 g/mol. The van der Waals surface area contributed by atoms with Crippen LogP contribution in [0.5, 0.6) is 0 Å². The molecule has 0 aromatic heterocycles. The van der Waals surface area contributed by atoms with Crippen LogP contribution in [0.4, 0.5) is 17.1 Å². The first-order valence-electron chi connectivity index (χ1n) is 8.76. The molecule has 0 fully saturated rings. The van der Waals surface area contributed by atoms with E-state index in [1.165, 1.54) is 6.92 Å². The normalized spacial score (nSPS) is 14.4. The van der Waals surface area contributed by atoms with Gasteiger partial charge >= 0.3 is 5.97 Å². The Bertz CT molecular complexity index is 914. The number of amides is 2. The van der Waals surface area contributed by atoms with Crippen molar-refractivity contribution in [2.45, 2.75) is 19.4 Å². The van der Waals surface area contributed by atoms with Gasteiger partial charge in [-0.15, -0.1) is 0 Å². The van der Waals surface area contributed by atoms with Crippen LogP contribution in [0.15, 0.2) is 42.5 Å². The summed E-state index contributed by atoms with van der Waals surface area (Å²) in [5.41, 5.74) is 2.15. The van der Waals surface area contributed by atoms with Crippen molar-refractivity contribution in [3.8, 4) is 0 Å². The summed E-state index contributed by atoms with van der Waals surface area (Å²) in [4.78, 5) is 38.4. The maximum atomic E-state index is 12.4. The second kappa shape index (κ2) is 8.31. The summed E-state index contributed by atoms with van der Waals surface area (Å²) in [7, 11) is 1.88. The number of nitrogens with zero attached hydrogens (tertiary/aromatic N) is 1. The molecule has 146 valence electrons. The minimum Gasteiger partial charge on any atom is -0.449 e. The molecule has 0 bridgehead atoms. The van der Waals surface area contributed by atoms with E-state index in [4.69, 9.17) is 16.3 Å².